The molecule has 0 radical (unpaired) electrons. The van der Waals surface area contributed by atoms with Crippen LogP contribution in [0.3, 0.4) is 0 Å². The summed E-state index contributed by atoms with van der Waals surface area (Å²) in [6.07, 6.45) is -4.21. The second-order valence-corrected chi connectivity index (χ2v) is 4.10. The highest BCUT2D eigenvalue weighted by Crippen LogP contribution is 2.28. The third kappa shape index (κ3) is 3.15. The van der Waals surface area contributed by atoms with Crippen LogP contribution in [-0.2, 0) is 4.79 Å². The fraction of sp³-hybridized carbons (Fsp3) is 0.417. The number of aryl methyl sites for hydroxylation is 1. The summed E-state index contributed by atoms with van der Waals surface area (Å²) < 4.78 is 30.1. The van der Waals surface area contributed by atoms with Crippen molar-refractivity contribution in [2.45, 2.75) is 32.8 Å². The second kappa shape index (κ2) is 4.69. The van der Waals surface area contributed by atoms with Gasteiger partial charge >= 0.3 is 12.1 Å². The number of hydrogen-bond donors (Lipinski definition) is 1. The van der Waals surface area contributed by atoms with Crippen molar-refractivity contribution in [2.75, 3.05) is 0 Å². The Labute approximate surface area is 98.0 Å². The highest BCUT2D eigenvalue weighted by Gasteiger charge is 2.42. The van der Waals surface area contributed by atoms with Gasteiger partial charge in [-0.2, -0.15) is 8.78 Å². The van der Waals surface area contributed by atoms with Gasteiger partial charge in [0.25, 0.3) is 0 Å². The van der Waals surface area contributed by atoms with E-state index in [0.29, 0.717) is 5.56 Å². The van der Waals surface area contributed by atoms with Crippen LogP contribution in [-0.4, -0.2) is 17.2 Å². The molecule has 0 fully saturated rings. The molecule has 1 N–H and O–H groups in total. The van der Waals surface area contributed by atoms with Crippen molar-refractivity contribution in [3.8, 4) is 5.75 Å². The van der Waals surface area contributed by atoms with Gasteiger partial charge in [0, 0.05) is 0 Å². The van der Waals surface area contributed by atoms with Crippen LogP contribution in [0, 0.1) is 6.92 Å². The Balaban J connectivity index is 3.05. The molecule has 17 heavy (non-hydrogen) atoms. The summed E-state index contributed by atoms with van der Waals surface area (Å²) in [5.74, 6) is -2.26. The van der Waals surface area contributed by atoms with E-state index in [1.807, 2.05) is 13.8 Å². The highest BCUT2D eigenvalue weighted by molar-refractivity contribution is 5.74. The van der Waals surface area contributed by atoms with Crippen LogP contribution in [0.1, 0.15) is 30.9 Å². The first-order valence-corrected chi connectivity index (χ1v) is 5.15. The number of rotatable bonds is 4. The lowest BCUT2D eigenvalue weighted by Gasteiger charge is -2.16. The molecule has 5 heteroatoms. The van der Waals surface area contributed by atoms with Gasteiger partial charge in [-0.3, -0.25) is 0 Å². The molecule has 0 aliphatic heterocycles. The van der Waals surface area contributed by atoms with Crippen molar-refractivity contribution in [1.82, 2.24) is 0 Å². The molecule has 1 rings (SSSR count). The molecule has 0 aliphatic rings. The van der Waals surface area contributed by atoms with E-state index in [4.69, 9.17) is 5.11 Å². The smallest absolute Gasteiger partial charge is 0.474 e. The monoisotopic (exact) mass is 244 g/mol. The van der Waals surface area contributed by atoms with E-state index in [0.717, 1.165) is 5.56 Å². The standard InChI is InChI=1S/C12H14F2O3/c1-7(2)9-5-4-8(3)10(6-9)17-12(13,14)11(15)16/h4-7H,1-3H3,(H,15,16). The van der Waals surface area contributed by atoms with E-state index in [1.54, 1.807) is 19.1 Å². The Kier molecular flexibility index (Phi) is 3.70. The number of ether oxygens (including phenoxy) is 1. The fourth-order valence-corrected chi connectivity index (χ4v) is 1.27. The van der Waals surface area contributed by atoms with E-state index in [2.05, 4.69) is 4.74 Å². The van der Waals surface area contributed by atoms with Crippen LogP contribution in [0.5, 0.6) is 5.75 Å². The van der Waals surface area contributed by atoms with E-state index < -0.39 is 12.1 Å². The molecule has 0 aliphatic carbocycles. The van der Waals surface area contributed by atoms with Gasteiger partial charge in [0.05, 0.1) is 0 Å². The lowest BCUT2D eigenvalue weighted by molar-refractivity contribution is -0.211. The number of carbonyl (C=O) groups is 1. The highest BCUT2D eigenvalue weighted by atomic mass is 19.3. The summed E-state index contributed by atoms with van der Waals surface area (Å²) in [6, 6.07) is 4.87. The molecule has 0 spiro atoms. The lowest BCUT2D eigenvalue weighted by Crippen LogP contribution is -2.35. The zero-order chi connectivity index (χ0) is 13.2. The Morgan fingerprint density at radius 2 is 2.00 bits per heavy atom. The molecule has 1 aromatic carbocycles. The molecule has 3 nitrogen and oxygen atoms in total. The first-order chi connectivity index (χ1) is 7.74. The topological polar surface area (TPSA) is 46.5 Å². The minimum absolute atomic E-state index is 0.108. The Bertz CT molecular complexity index is 428. The summed E-state index contributed by atoms with van der Waals surface area (Å²) in [7, 11) is 0. The third-order valence-corrected chi connectivity index (χ3v) is 2.37. The van der Waals surface area contributed by atoms with Crippen LogP contribution >= 0.6 is 0 Å². The summed E-state index contributed by atoms with van der Waals surface area (Å²) in [5.41, 5.74) is 1.28. The Hall–Kier alpha value is -1.65. The molecule has 0 saturated heterocycles. The number of hydrogen-bond acceptors (Lipinski definition) is 2. The molecule has 0 amide bonds. The first-order valence-electron chi connectivity index (χ1n) is 5.15. The van der Waals surface area contributed by atoms with E-state index in [9.17, 15) is 13.6 Å². The van der Waals surface area contributed by atoms with Crippen molar-refractivity contribution in [2.24, 2.45) is 0 Å². The zero-order valence-electron chi connectivity index (χ0n) is 9.83. The number of alkyl halides is 2. The SMILES string of the molecule is Cc1ccc(C(C)C)cc1OC(F)(F)C(=O)O. The lowest BCUT2D eigenvalue weighted by atomic mass is 10.0. The van der Waals surface area contributed by atoms with Gasteiger partial charge < -0.3 is 9.84 Å². The van der Waals surface area contributed by atoms with Crippen LogP contribution < -0.4 is 4.74 Å². The average Bonchev–Trinajstić information content (AvgIpc) is 2.20. The van der Waals surface area contributed by atoms with Gasteiger partial charge in [-0.15, -0.1) is 0 Å². The van der Waals surface area contributed by atoms with Gasteiger partial charge in [-0.05, 0) is 30.0 Å². The van der Waals surface area contributed by atoms with Crippen LogP contribution in [0.2, 0.25) is 0 Å². The zero-order valence-corrected chi connectivity index (χ0v) is 9.83. The summed E-state index contributed by atoms with van der Waals surface area (Å²) in [5, 5.41) is 8.30. The number of carboxylic acids is 1. The number of halogens is 2. The normalized spacial score (nSPS) is 11.6. The predicted molar refractivity (Wildman–Crippen MR) is 58.5 cm³/mol. The molecular formula is C12H14F2O3. The Morgan fingerprint density at radius 3 is 2.47 bits per heavy atom. The van der Waals surface area contributed by atoms with E-state index >= 15 is 0 Å². The van der Waals surface area contributed by atoms with Gasteiger partial charge in [0.1, 0.15) is 5.75 Å². The predicted octanol–water partition coefficient (Wildman–Crippen LogP) is 3.17. The van der Waals surface area contributed by atoms with Gasteiger partial charge in [0.2, 0.25) is 0 Å². The number of carboxylic acid groups (broad SMARTS) is 1. The minimum atomic E-state index is -4.21. The molecule has 0 unspecified atom stereocenters. The van der Waals surface area contributed by atoms with Crippen molar-refractivity contribution in [1.29, 1.82) is 0 Å². The molecular weight excluding hydrogens is 230 g/mol. The second-order valence-electron chi connectivity index (χ2n) is 4.10. The summed E-state index contributed by atoms with van der Waals surface area (Å²) in [6.45, 7) is 5.39. The largest absolute Gasteiger partial charge is 0.501 e. The van der Waals surface area contributed by atoms with E-state index in [-0.39, 0.29) is 11.7 Å². The van der Waals surface area contributed by atoms with Gasteiger partial charge in [0.15, 0.2) is 0 Å². The molecule has 0 aromatic heterocycles. The van der Waals surface area contributed by atoms with Crippen LogP contribution in [0.25, 0.3) is 0 Å². The van der Waals surface area contributed by atoms with E-state index in [1.165, 1.54) is 6.07 Å². The van der Waals surface area contributed by atoms with Crippen LogP contribution in [0.15, 0.2) is 18.2 Å². The molecule has 0 heterocycles. The molecule has 1 aromatic rings. The molecule has 0 bridgehead atoms. The Morgan fingerprint density at radius 1 is 1.41 bits per heavy atom. The maximum Gasteiger partial charge on any atom is 0.501 e. The third-order valence-electron chi connectivity index (χ3n) is 2.37. The van der Waals surface area contributed by atoms with Crippen LogP contribution in [0.4, 0.5) is 8.78 Å². The van der Waals surface area contributed by atoms with Crippen molar-refractivity contribution >= 4 is 5.97 Å². The summed E-state index contributed by atoms with van der Waals surface area (Å²) >= 11 is 0. The maximum absolute atomic E-state index is 12.9. The molecule has 0 atom stereocenters. The quantitative estimate of drug-likeness (QED) is 0.884. The van der Waals surface area contributed by atoms with Crippen molar-refractivity contribution in [3.05, 3.63) is 29.3 Å². The van der Waals surface area contributed by atoms with Crippen molar-refractivity contribution in [3.63, 3.8) is 0 Å². The number of aliphatic carboxylic acids is 1. The fourth-order valence-electron chi connectivity index (χ4n) is 1.27. The average molecular weight is 244 g/mol. The molecule has 0 saturated carbocycles. The molecule has 94 valence electrons. The maximum atomic E-state index is 12.9. The van der Waals surface area contributed by atoms with Crippen molar-refractivity contribution < 1.29 is 23.4 Å². The summed E-state index contributed by atoms with van der Waals surface area (Å²) in [4.78, 5) is 10.3. The van der Waals surface area contributed by atoms with Gasteiger partial charge in [-0.25, -0.2) is 4.79 Å². The minimum Gasteiger partial charge on any atom is -0.474 e. The van der Waals surface area contributed by atoms with Gasteiger partial charge in [-0.1, -0.05) is 26.0 Å². The number of benzene rings is 1. The first kappa shape index (κ1) is 13.4.